The zero-order valence-electron chi connectivity index (χ0n) is 16.0. The van der Waals surface area contributed by atoms with E-state index in [4.69, 9.17) is 9.94 Å². The molecule has 0 amide bonds. The smallest absolute Gasteiger partial charge is 0.368 e. The molecule has 0 radical (unpaired) electrons. The van der Waals surface area contributed by atoms with Gasteiger partial charge in [-0.2, -0.15) is 14.5 Å². The Morgan fingerprint density at radius 1 is 1.22 bits per heavy atom. The average molecular weight is 373 g/mol. The maximum atomic E-state index is 12.2. The van der Waals surface area contributed by atoms with Crippen LogP contribution in [0.3, 0.4) is 0 Å². The molecule has 1 aromatic heterocycles. The lowest BCUT2D eigenvalue weighted by Gasteiger charge is -2.13. The Balaban J connectivity index is 2.30. The van der Waals surface area contributed by atoms with Gasteiger partial charge >= 0.3 is 5.69 Å². The van der Waals surface area contributed by atoms with Crippen molar-refractivity contribution >= 4 is 17.3 Å². The highest BCUT2D eigenvalue weighted by Gasteiger charge is 2.14. The van der Waals surface area contributed by atoms with Crippen molar-refractivity contribution in [1.29, 1.82) is 0 Å². The molecule has 1 heterocycles. The van der Waals surface area contributed by atoms with Gasteiger partial charge in [0.15, 0.2) is 0 Å². The summed E-state index contributed by atoms with van der Waals surface area (Å²) in [5.74, 6) is 0.417. The summed E-state index contributed by atoms with van der Waals surface area (Å²) >= 11 is 0. The second kappa shape index (κ2) is 8.88. The molecule has 0 atom stereocenters. The van der Waals surface area contributed by atoms with E-state index >= 15 is 0 Å². The number of hydrogen-bond donors (Lipinski definition) is 1. The first kappa shape index (κ1) is 20.0. The summed E-state index contributed by atoms with van der Waals surface area (Å²) in [4.78, 5) is 12.2. The Hall–Kier alpha value is -3.30. The molecule has 0 spiro atoms. The van der Waals surface area contributed by atoms with Crippen molar-refractivity contribution in [3.8, 4) is 5.69 Å². The second-order valence-corrected chi connectivity index (χ2v) is 5.88. The number of rotatable bonds is 6. The van der Waals surface area contributed by atoms with Crippen molar-refractivity contribution in [3.63, 3.8) is 0 Å². The lowest BCUT2D eigenvalue weighted by Crippen LogP contribution is -2.23. The van der Waals surface area contributed by atoms with Crippen LogP contribution in [0.15, 0.2) is 38.4 Å². The van der Waals surface area contributed by atoms with Gasteiger partial charge in [0.05, 0.1) is 17.1 Å². The number of oxime groups is 1. The third kappa shape index (κ3) is 4.66. The fourth-order valence-electron chi connectivity index (χ4n) is 2.17. The molecule has 0 aliphatic carbocycles. The summed E-state index contributed by atoms with van der Waals surface area (Å²) in [7, 11) is 1.54. The van der Waals surface area contributed by atoms with E-state index < -0.39 is 0 Å². The van der Waals surface area contributed by atoms with Crippen LogP contribution >= 0.6 is 0 Å². The van der Waals surface area contributed by atoms with E-state index in [-0.39, 0.29) is 12.3 Å². The molecule has 27 heavy (non-hydrogen) atoms. The van der Waals surface area contributed by atoms with E-state index in [1.165, 1.54) is 11.7 Å². The van der Waals surface area contributed by atoms with Crippen molar-refractivity contribution < 1.29 is 9.94 Å². The maximum Gasteiger partial charge on any atom is 0.368 e. The largest absolute Gasteiger partial charge is 0.475 e. The Bertz CT molecular complexity index is 954. The third-order valence-electron chi connectivity index (χ3n) is 4.01. The van der Waals surface area contributed by atoms with Crippen LogP contribution in [-0.2, 0) is 18.4 Å². The Morgan fingerprint density at radius 3 is 2.56 bits per heavy atom. The third-order valence-corrected chi connectivity index (χ3v) is 4.01. The quantitative estimate of drug-likeness (QED) is 0.358. The van der Waals surface area contributed by atoms with Crippen LogP contribution in [0.25, 0.3) is 5.69 Å². The predicted molar refractivity (Wildman–Crippen MR) is 102 cm³/mol. The normalized spacial score (nSPS) is 13.1. The summed E-state index contributed by atoms with van der Waals surface area (Å²) in [5, 5.41) is 27.6. The molecular formula is C17H23N7O3. The molecule has 1 N–H and O–H groups in total. The number of aromatic nitrogens is 4. The Morgan fingerprint density at radius 2 is 1.96 bits per heavy atom. The molecule has 0 bridgehead atoms. The summed E-state index contributed by atoms with van der Waals surface area (Å²) in [6.07, 6.45) is 0.526. The van der Waals surface area contributed by atoms with Gasteiger partial charge in [-0.15, -0.1) is 5.10 Å². The molecule has 0 saturated carbocycles. The van der Waals surface area contributed by atoms with E-state index in [2.05, 4.69) is 25.8 Å². The first-order valence-corrected chi connectivity index (χ1v) is 8.39. The topological polar surface area (TPSA) is 119 Å². The lowest BCUT2D eigenvalue weighted by molar-refractivity contribution is 0.282. The fourth-order valence-corrected chi connectivity index (χ4v) is 2.17. The Labute approximate surface area is 156 Å². The van der Waals surface area contributed by atoms with Gasteiger partial charge in [-0.05, 0) is 42.8 Å². The van der Waals surface area contributed by atoms with Crippen molar-refractivity contribution in [2.75, 3.05) is 0 Å². The van der Waals surface area contributed by atoms with Gasteiger partial charge < -0.3 is 9.94 Å². The van der Waals surface area contributed by atoms with E-state index in [0.29, 0.717) is 29.4 Å². The van der Waals surface area contributed by atoms with Crippen molar-refractivity contribution in [1.82, 2.24) is 19.8 Å². The van der Waals surface area contributed by atoms with E-state index in [9.17, 15) is 4.79 Å². The molecule has 0 saturated heterocycles. The molecule has 0 aliphatic rings. The molecular weight excluding hydrogens is 350 g/mol. The van der Waals surface area contributed by atoms with Crippen LogP contribution in [0.5, 0.6) is 0 Å². The summed E-state index contributed by atoms with van der Waals surface area (Å²) in [5.41, 5.74) is 2.86. The molecule has 0 fully saturated rings. The predicted octanol–water partition coefficient (Wildman–Crippen LogP) is 1.83. The van der Waals surface area contributed by atoms with Crippen LogP contribution in [0, 0.1) is 6.92 Å². The molecule has 0 aliphatic heterocycles. The highest BCUT2D eigenvalue weighted by molar-refractivity contribution is 6.40. The Kier molecular flexibility index (Phi) is 6.58. The van der Waals surface area contributed by atoms with Gasteiger partial charge in [-0.3, -0.25) is 0 Å². The molecule has 10 nitrogen and oxygen atoms in total. The summed E-state index contributed by atoms with van der Waals surface area (Å²) in [6.45, 7) is 7.32. The highest BCUT2D eigenvalue weighted by atomic mass is 16.5. The average Bonchev–Trinajstić information content (AvgIpc) is 3.00. The number of benzene rings is 1. The molecule has 1 aromatic carbocycles. The zero-order valence-corrected chi connectivity index (χ0v) is 16.0. The second-order valence-electron chi connectivity index (χ2n) is 5.88. The van der Waals surface area contributed by atoms with E-state index in [0.717, 1.165) is 15.8 Å². The van der Waals surface area contributed by atoms with Crippen molar-refractivity contribution in [3.05, 3.63) is 39.8 Å². The van der Waals surface area contributed by atoms with Crippen LogP contribution in [0.2, 0.25) is 0 Å². The molecule has 10 heteroatoms. The van der Waals surface area contributed by atoms with Gasteiger partial charge in [0, 0.05) is 19.0 Å². The maximum absolute atomic E-state index is 12.2. The number of tetrazole rings is 1. The highest BCUT2D eigenvalue weighted by Crippen LogP contribution is 2.18. The number of nitrogens with zero attached hydrogens (tertiary/aromatic N) is 7. The zero-order chi connectivity index (χ0) is 20.0. The summed E-state index contributed by atoms with van der Waals surface area (Å²) in [6, 6.07) is 5.55. The minimum Gasteiger partial charge on any atom is -0.475 e. The number of ether oxygens (including phenoxy) is 1. The van der Waals surface area contributed by atoms with E-state index in [1.54, 1.807) is 19.9 Å². The molecule has 2 rings (SSSR count). The number of aryl methyl sites for hydroxylation is 2. The van der Waals surface area contributed by atoms with Crippen LogP contribution in [0.4, 0.5) is 0 Å². The van der Waals surface area contributed by atoms with Gasteiger partial charge in [-0.25, -0.2) is 4.79 Å². The first-order valence-electron chi connectivity index (χ1n) is 8.39. The van der Waals surface area contributed by atoms with Crippen molar-refractivity contribution in [2.45, 2.75) is 40.7 Å². The molecule has 0 unspecified atom stereocenters. The first-order chi connectivity index (χ1) is 12.9. The van der Waals surface area contributed by atoms with Crippen molar-refractivity contribution in [2.24, 2.45) is 22.4 Å². The van der Waals surface area contributed by atoms with Gasteiger partial charge in [-0.1, -0.05) is 24.2 Å². The van der Waals surface area contributed by atoms with Crippen LogP contribution < -0.4 is 5.69 Å². The standard InChI is InChI=1S/C17H23N7O3/c1-6-16(19-18-12(3)13(4)20-26)27-10-14-11(2)8-7-9-15(14)24-17(25)23(5)21-22-24/h7-9,26H,6,10H2,1-5H3/b18-12+,19-16+,20-13+. The van der Waals surface area contributed by atoms with Crippen LogP contribution in [-0.4, -0.2) is 42.3 Å². The number of hydrogen-bond acceptors (Lipinski definition) is 8. The van der Waals surface area contributed by atoms with Gasteiger partial charge in [0.2, 0.25) is 5.90 Å². The van der Waals surface area contributed by atoms with Crippen LogP contribution in [0.1, 0.15) is 38.3 Å². The summed E-state index contributed by atoms with van der Waals surface area (Å²) < 4.78 is 8.20. The van der Waals surface area contributed by atoms with Gasteiger partial charge in [0.25, 0.3) is 0 Å². The minimum atomic E-state index is -0.342. The molecule has 2 aromatic rings. The minimum absolute atomic E-state index is 0.194. The SMILES string of the molecule is CC\C(=N/N=C(C)/C(C)=N/O)OCc1c(C)cccc1-n1nnn(C)c1=O. The van der Waals surface area contributed by atoms with Gasteiger partial charge in [0.1, 0.15) is 6.61 Å². The van der Waals surface area contributed by atoms with E-state index in [1.807, 2.05) is 26.0 Å². The lowest BCUT2D eigenvalue weighted by atomic mass is 10.1. The monoisotopic (exact) mass is 373 g/mol. The fraction of sp³-hybridized carbons (Fsp3) is 0.412. The molecule has 144 valence electrons.